The van der Waals surface area contributed by atoms with Crippen LogP contribution < -0.4 is 14.8 Å². The molecule has 2 aromatic carbocycles. The Labute approximate surface area is 150 Å². The maximum absolute atomic E-state index is 12.3. The smallest absolute Gasteiger partial charge is 0.406 e. The summed E-state index contributed by atoms with van der Waals surface area (Å²) in [6.45, 7) is 3.39. The first-order chi connectivity index (χ1) is 12.2. The van der Waals surface area contributed by atoms with Gasteiger partial charge < -0.3 is 10.1 Å². The molecule has 9 heteroatoms. The molecule has 0 saturated carbocycles. The molecule has 0 heterocycles. The van der Waals surface area contributed by atoms with Gasteiger partial charge in [-0.05, 0) is 41.9 Å². The van der Waals surface area contributed by atoms with Crippen molar-refractivity contribution in [2.24, 2.45) is 0 Å². The second-order valence-electron chi connectivity index (χ2n) is 5.44. The highest BCUT2D eigenvalue weighted by Gasteiger charge is 2.30. The Balaban J connectivity index is 1.97. The molecule has 26 heavy (non-hydrogen) atoms. The van der Waals surface area contributed by atoms with Crippen LogP contribution in [-0.4, -0.2) is 21.3 Å². The minimum Gasteiger partial charge on any atom is -0.406 e. The first-order valence-electron chi connectivity index (χ1n) is 7.83. The fourth-order valence-electron chi connectivity index (χ4n) is 2.13. The number of alkyl halides is 3. The van der Waals surface area contributed by atoms with Gasteiger partial charge in [0.05, 0.1) is 4.90 Å². The summed E-state index contributed by atoms with van der Waals surface area (Å²) in [6, 6.07) is 11.5. The Morgan fingerprint density at radius 2 is 1.46 bits per heavy atom. The summed E-state index contributed by atoms with van der Waals surface area (Å²) in [7, 11) is -3.72. The molecule has 0 saturated heterocycles. The van der Waals surface area contributed by atoms with E-state index in [2.05, 4.69) is 14.8 Å². The van der Waals surface area contributed by atoms with Crippen LogP contribution in [0.4, 0.5) is 13.2 Å². The molecule has 0 aliphatic rings. The largest absolute Gasteiger partial charge is 0.573 e. The Morgan fingerprint density at radius 1 is 0.923 bits per heavy atom. The summed E-state index contributed by atoms with van der Waals surface area (Å²) in [5, 5.41) is 3.14. The van der Waals surface area contributed by atoms with E-state index in [-0.39, 0.29) is 17.2 Å². The molecule has 5 nitrogen and oxygen atoms in total. The second kappa shape index (κ2) is 8.52. The summed E-state index contributed by atoms with van der Waals surface area (Å²) in [5.74, 6) is -0.361. The Bertz CT molecular complexity index is 805. The van der Waals surface area contributed by atoms with Gasteiger partial charge in [-0.1, -0.05) is 31.2 Å². The standard InChI is InChI=1S/C17H19F3N2O3S/c1-2-21-11-13-5-9-16(10-6-13)26(23,24)22-12-14-3-7-15(8-4-14)25-17(18,19)20/h3-10,21-22H,2,11-12H2,1H3. The van der Waals surface area contributed by atoms with Gasteiger partial charge in [-0.2, -0.15) is 0 Å². The molecule has 0 aromatic heterocycles. The van der Waals surface area contributed by atoms with Crippen LogP contribution in [0.3, 0.4) is 0 Å². The fourth-order valence-corrected chi connectivity index (χ4v) is 3.14. The van der Waals surface area contributed by atoms with E-state index in [9.17, 15) is 21.6 Å². The Hall–Kier alpha value is -2.10. The highest BCUT2D eigenvalue weighted by atomic mass is 32.2. The number of halogens is 3. The van der Waals surface area contributed by atoms with Crippen LogP contribution in [0, 0.1) is 0 Å². The predicted molar refractivity (Wildman–Crippen MR) is 91.0 cm³/mol. The van der Waals surface area contributed by atoms with E-state index in [0.29, 0.717) is 12.1 Å². The van der Waals surface area contributed by atoms with Gasteiger partial charge in [-0.25, -0.2) is 13.1 Å². The van der Waals surface area contributed by atoms with Crippen LogP contribution in [-0.2, 0) is 23.1 Å². The molecule has 2 N–H and O–H groups in total. The monoisotopic (exact) mass is 388 g/mol. The summed E-state index contributed by atoms with van der Waals surface area (Å²) >= 11 is 0. The average molecular weight is 388 g/mol. The van der Waals surface area contributed by atoms with Gasteiger partial charge in [0.2, 0.25) is 10.0 Å². The lowest BCUT2D eigenvalue weighted by molar-refractivity contribution is -0.274. The molecule has 0 aliphatic heterocycles. The van der Waals surface area contributed by atoms with Crippen LogP contribution >= 0.6 is 0 Å². The molecular weight excluding hydrogens is 369 g/mol. The molecule has 0 amide bonds. The molecule has 0 spiro atoms. The number of hydrogen-bond donors (Lipinski definition) is 2. The van der Waals surface area contributed by atoms with Crippen molar-refractivity contribution in [3.05, 3.63) is 59.7 Å². The van der Waals surface area contributed by atoms with Gasteiger partial charge in [0.25, 0.3) is 0 Å². The van der Waals surface area contributed by atoms with E-state index < -0.39 is 16.4 Å². The summed E-state index contributed by atoms with van der Waals surface area (Å²) in [4.78, 5) is 0.120. The lowest BCUT2D eigenvalue weighted by Crippen LogP contribution is -2.23. The fraction of sp³-hybridized carbons (Fsp3) is 0.294. The number of ether oxygens (including phenoxy) is 1. The number of rotatable bonds is 8. The van der Waals surface area contributed by atoms with Crippen molar-refractivity contribution in [3.63, 3.8) is 0 Å². The maximum Gasteiger partial charge on any atom is 0.573 e. The molecular formula is C17H19F3N2O3S. The van der Waals surface area contributed by atoms with E-state index in [1.807, 2.05) is 6.92 Å². The number of sulfonamides is 1. The zero-order valence-electron chi connectivity index (χ0n) is 14.0. The molecule has 0 aliphatic carbocycles. The van der Waals surface area contributed by atoms with Crippen molar-refractivity contribution in [3.8, 4) is 5.75 Å². The first-order valence-corrected chi connectivity index (χ1v) is 9.32. The van der Waals surface area contributed by atoms with Gasteiger partial charge in [0, 0.05) is 13.1 Å². The van der Waals surface area contributed by atoms with Crippen LogP contribution in [0.5, 0.6) is 5.75 Å². The SMILES string of the molecule is CCNCc1ccc(S(=O)(=O)NCc2ccc(OC(F)(F)F)cc2)cc1. The quantitative estimate of drug-likeness (QED) is 0.729. The van der Waals surface area contributed by atoms with Crippen molar-refractivity contribution in [1.82, 2.24) is 10.0 Å². The third-order valence-electron chi connectivity index (χ3n) is 3.44. The lowest BCUT2D eigenvalue weighted by Gasteiger charge is -2.10. The topological polar surface area (TPSA) is 67.4 Å². The van der Waals surface area contributed by atoms with Crippen LogP contribution in [0.15, 0.2) is 53.4 Å². The predicted octanol–water partition coefficient (Wildman–Crippen LogP) is 3.17. The van der Waals surface area contributed by atoms with Crippen molar-refractivity contribution >= 4 is 10.0 Å². The summed E-state index contributed by atoms with van der Waals surface area (Å²) in [6.07, 6.45) is -4.76. The van der Waals surface area contributed by atoms with E-state index >= 15 is 0 Å². The number of benzene rings is 2. The maximum atomic E-state index is 12.3. The normalized spacial score (nSPS) is 12.2. The van der Waals surface area contributed by atoms with Gasteiger partial charge in [-0.3, -0.25) is 0 Å². The number of hydrogen-bond acceptors (Lipinski definition) is 4. The molecule has 0 radical (unpaired) electrons. The summed E-state index contributed by atoms with van der Waals surface area (Å²) in [5.41, 5.74) is 1.47. The average Bonchev–Trinajstić information content (AvgIpc) is 2.58. The van der Waals surface area contributed by atoms with E-state index in [1.54, 1.807) is 12.1 Å². The third-order valence-corrected chi connectivity index (χ3v) is 4.85. The first kappa shape index (κ1) is 20.2. The third kappa shape index (κ3) is 6.32. The highest BCUT2D eigenvalue weighted by Crippen LogP contribution is 2.22. The van der Waals surface area contributed by atoms with Crippen molar-refractivity contribution in [2.45, 2.75) is 31.3 Å². The van der Waals surface area contributed by atoms with Crippen molar-refractivity contribution in [2.75, 3.05) is 6.54 Å². The van der Waals surface area contributed by atoms with Crippen LogP contribution in [0.2, 0.25) is 0 Å². The highest BCUT2D eigenvalue weighted by molar-refractivity contribution is 7.89. The lowest BCUT2D eigenvalue weighted by atomic mass is 10.2. The van der Waals surface area contributed by atoms with E-state index in [1.165, 1.54) is 24.3 Å². The van der Waals surface area contributed by atoms with Gasteiger partial charge in [0.1, 0.15) is 5.75 Å². The van der Waals surface area contributed by atoms with Gasteiger partial charge >= 0.3 is 6.36 Å². The second-order valence-corrected chi connectivity index (χ2v) is 7.21. The zero-order valence-corrected chi connectivity index (χ0v) is 14.8. The minimum atomic E-state index is -4.76. The molecule has 0 atom stereocenters. The molecule has 2 aromatic rings. The molecule has 2 rings (SSSR count). The molecule has 0 bridgehead atoms. The number of nitrogens with one attached hydrogen (secondary N) is 2. The van der Waals surface area contributed by atoms with Crippen LogP contribution in [0.25, 0.3) is 0 Å². The molecule has 0 unspecified atom stereocenters. The Kier molecular flexibility index (Phi) is 6.63. The molecule has 142 valence electrons. The van der Waals surface area contributed by atoms with Gasteiger partial charge in [-0.15, -0.1) is 13.2 Å². The minimum absolute atomic E-state index is 0.0478. The zero-order chi connectivity index (χ0) is 19.2. The van der Waals surface area contributed by atoms with E-state index in [4.69, 9.17) is 0 Å². The van der Waals surface area contributed by atoms with Crippen molar-refractivity contribution < 1.29 is 26.3 Å². The van der Waals surface area contributed by atoms with E-state index in [0.717, 1.165) is 24.2 Å². The van der Waals surface area contributed by atoms with Crippen LogP contribution in [0.1, 0.15) is 18.1 Å². The molecule has 0 fully saturated rings. The van der Waals surface area contributed by atoms with Crippen molar-refractivity contribution in [1.29, 1.82) is 0 Å². The summed E-state index contributed by atoms with van der Waals surface area (Å²) < 4.78 is 67.1. The Morgan fingerprint density at radius 3 is 2.00 bits per heavy atom. The van der Waals surface area contributed by atoms with Gasteiger partial charge in [0.15, 0.2) is 0 Å².